The first-order valence-electron chi connectivity index (χ1n) is 8.98. The maximum atomic E-state index is 12.9. The number of carbonyl (C=O) groups is 1. The van der Waals surface area contributed by atoms with E-state index in [9.17, 15) is 4.79 Å². The first kappa shape index (κ1) is 20.6. The quantitative estimate of drug-likeness (QED) is 0.344. The van der Waals surface area contributed by atoms with Crippen molar-refractivity contribution in [2.24, 2.45) is 0 Å². The first-order valence-corrected chi connectivity index (χ1v) is 10.5. The second-order valence-electron chi connectivity index (χ2n) is 6.52. The Kier molecular flexibility index (Phi) is 5.90. The van der Waals surface area contributed by atoms with E-state index in [0.29, 0.717) is 21.6 Å². The van der Waals surface area contributed by atoms with Gasteiger partial charge in [-0.25, -0.2) is 9.67 Å². The van der Waals surface area contributed by atoms with Gasteiger partial charge in [-0.2, -0.15) is 0 Å². The molecule has 0 aliphatic heterocycles. The Bertz CT molecular complexity index is 1160. The van der Waals surface area contributed by atoms with Crippen molar-refractivity contribution in [1.82, 2.24) is 14.8 Å². The second-order valence-corrected chi connectivity index (χ2v) is 8.28. The van der Waals surface area contributed by atoms with E-state index in [0.717, 1.165) is 21.3 Å². The van der Waals surface area contributed by atoms with Crippen LogP contribution in [-0.2, 0) is 0 Å². The highest BCUT2D eigenvalue weighted by atomic mass is 79.9. The van der Waals surface area contributed by atoms with Gasteiger partial charge in [0.25, 0.3) is 5.91 Å². The van der Waals surface area contributed by atoms with E-state index in [1.165, 1.54) is 0 Å². The molecule has 1 N–H and O–H groups in total. The molecule has 30 heavy (non-hydrogen) atoms. The third kappa shape index (κ3) is 4.26. The molecule has 0 spiro atoms. The van der Waals surface area contributed by atoms with Crippen molar-refractivity contribution in [1.29, 1.82) is 0 Å². The Morgan fingerprint density at radius 2 is 1.70 bits per heavy atom. The molecule has 0 bridgehead atoms. The minimum atomic E-state index is -0.425. The number of hydrogen-bond donors (Lipinski definition) is 1. The zero-order valence-electron chi connectivity index (χ0n) is 15.7. The number of carbonyl (C=O) groups excluding carboxylic acids is 1. The molecule has 150 valence electrons. The SMILES string of the molecule is Cc1c(Cl)cccc1NC(=O)c1nc(-c2ccc(Cl)cc2)n(-c2ccc(Br)cc2)n1. The molecule has 0 saturated heterocycles. The molecule has 4 rings (SSSR count). The van der Waals surface area contributed by atoms with E-state index in [1.807, 2.05) is 43.3 Å². The molecule has 1 amide bonds. The van der Waals surface area contributed by atoms with Gasteiger partial charge in [0.1, 0.15) is 0 Å². The van der Waals surface area contributed by atoms with Gasteiger partial charge < -0.3 is 5.32 Å². The highest BCUT2D eigenvalue weighted by Gasteiger charge is 2.20. The number of nitrogens with one attached hydrogen (secondary N) is 1. The minimum absolute atomic E-state index is 0.0437. The van der Waals surface area contributed by atoms with Crippen LogP contribution in [0.4, 0.5) is 5.69 Å². The van der Waals surface area contributed by atoms with Crippen LogP contribution in [0.1, 0.15) is 16.2 Å². The molecule has 0 aliphatic rings. The fourth-order valence-electron chi connectivity index (χ4n) is 2.88. The number of rotatable bonds is 4. The Balaban J connectivity index is 1.76. The fourth-order valence-corrected chi connectivity index (χ4v) is 3.44. The van der Waals surface area contributed by atoms with Gasteiger partial charge >= 0.3 is 0 Å². The number of halogens is 3. The molecule has 0 unspecified atom stereocenters. The largest absolute Gasteiger partial charge is 0.319 e. The van der Waals surface area contributed by atoms with Gasteiger partial charge in [0.05, 0.1) is 5.69 Å². The summed E-state index contributed by atoms with van der Waals surface area (Å²) in [7, 11) is 0. The number of hydrogen-bond acceptors (Lipinski definition) is 3. The van der Waals surface area contributed by atoms with Crippen LogP contribution in [0.15, 0.2) is 71.2 Å². The molecule has 4 aromatic rings. The Morgan fingerprint density at radius 1 is 1.00 bits per heavy atom. The summed E-state index contributed by atoms with van der Waals surface area (Å²) in [5.41, 5.74) is 2.94. The smallest absolute Gasteiger partial charge is 0.295 e. The lowest BCUT2D eigenvalue weighted by Crippen LogP contribution is -2.15. The van der Waals surface area contributed by atoms with E-state index in [-0.39, 0.29) is 5.82 Å². The molecule has 0 radical (unpaired) electrons. The first-order chi connectivity index (χ1) is 14.4. The topological polar surface area (TPSA) is 59.8 Å². The van der Waals surface area contributed by atoms with Crippen molar-refractivity contribution in [2.45, 2.75) is 6.92 Å². The van der Waals surface area contributed by atoms with Crippen LogP contribution in [0.3, 0.4) is 0 Å². The van der Waals surface area contributed by atoms with E-state index in [1.54, 1.807) is 35.0 Å². The highest BCUT2D eigenvalue weighted by Crippen LogP contribution is 2.26. The maximum Gasteiger partial charge on any atom is 0.295 e. The molecule has 1 heterocycles. The summed E-state index contributed by atoms with van der Waals surface area (Å²) in [4.78, 5) is 17.4. The standard InChI is InChI=1S/C22H15BrCl2N4O/c1-13-18(25)3-2-4-19(13)26-22(30)20-27-21(14-5-9-16(24)10-6-14)29(28-20)17-11-7-15(23)8-12-17/h2-12H,1H3,(H,26,30). The molecule has 0 saturated carbocycles. The number of amides is 1. The Labute approximate surface area is 191 Å². The lowest BCUT2D eigenvalue weighted by Gasteiger charge is -2.07. The minimum Gasteiger partial charge on any atom is -0.319 e. The normalized spacial score (nSPS) is 10.8. The lowest BCUT2D eigenvalue weighted by molar-refractivity contribution is 0.101. The molecule has 3 aromatic carbocycles. The van der Waals surface area contributed by atoms with Crippen molar-refractivity contribution in [3.63, 3.8) is 0 Å². The third-order valence-electron chi connectivity index (χ3n) is 4.50. The summed E-state index contributed by atoms with van der Waals surface area (Å²) in [6.45, 7) is 1.84. The summed E-state index contributed by atoms with van der Waals surface area (Å²) in [5.74, 6) is 0.149. The van der Waals surface area contributed by atoms with Gasteiger partial charge in [-0.05, 0) is 73.2 Å². The lowest BCUT2D eigenvalue weighted by atomic mass is 10.2. The molecule has 1 aromatic heterocycles. The predicted molar refractivity (Wildman–Crippen MR) is 124 cm³/mol. The highest BCUT2D eigenvalue weighted by molar-refractivity contribution is 9.10. The molecule has 0 fully saturated rings. The predicted octanol–water partition coefficient (Wildman–Crippen LogP) is 6.56. The maximum absolute atomic E-state index is 12.9. The summed E-state index contributed by atoms with van der Waals surface area (Å²) in [6, 6.07) is 20.1. The molecular formula is C22H15BrCl2N4O. The number of nitrogens with zero attached hydrogens (tertiary/aromatic N) is 3. The van der Waals surface area contributed by atoms with Crippen LogP contribution in [0.5, 0.6) is 0 Å². The second kappa shape index (κ2) is 8.60. The molecule has 8 heteroatoms. The van der Waals surface area contributed by atoms with Crippen molar-refractivity contribution in [2.75, 3.05) is 5.32 Å². The zero-order valence-corrected chi connectivity index (χ0v) is 18.8. The Morgan fingerprint density at radius 3 is 2.40 bits per heavy atom. The summed E-state index contributed by atoms with van der Waals surface area (Å²) < 4.78 is 2.57. The van der Waals surface area contributed by atoms with Crippen molar-refractivity contribution in [3.8, 4) is 17.1 Å². The van der Waals surface area contributed by atoms with Gasteiger partial charge in [-0.15, -0.1) is 5.10 Å². The summed E-state index contributed by atoms with van der Waals surface area (Å²) in [5, 5.41) is 8.49. The van der Waals surface area contributed by atoms with Crippen LogP contribution in [0.2, 0.25) is 10.0 Å². The van der Waals surface area contributed by atoms with Crippen LogP contribution in [0, 0.1) is 6.92 Å². The van der Waals surface area contributed by atoms with Crippen LogP contribution in [0.25, 0.3) is 17.1 Å². The molecule has 0 aliphatic carbocycles. The van der Waals surface area contributed by atoms with E-state index in [2.05, 4.69) is 31.3 Å². The number of anilines is 1. The van der Waals surface area contributed by atoms with Crippen LogP contribution >= 0.6 is 39.1 Å². The van der Waals surface area contributed by atoms with Crippen molar-refractivity contribution in [3.05, 3.63) is 92.6 Å². The summed E-state index contributed by atoms with van der Waals surface area (Å²) in [6.07, 6.45) is 0. The fraction of sp³-hybridized carbons (Fsp3) is 0.0455. The van der Waals surface area contributed by atoms with Gasteiger partial charge in [0.15, 0.2) is 5.82 Å². The van der Waals surface area contributed by atoms with E-state index in [4.69, 9.17) is 23.2 Å². The average molecular weight is 502 g/mol. The van der Waals surface area contributed by atoms with E-state index >= 15 is 0 Å². The average Bonchev–Trinajstić information content (AvgIpc) is 3.18. The Hall–Kier alpha value is -2.67. The van der Waals surface area contributed by atoms with E-state index < -0.39 is 5.91 Å². The molecule has 0 atom stereocenters. The van der Waals surface area contributed by atoms with Crippen molar-refractivity contribution < 1.29 is 4.79 Å². The monoisotopic (exact) mass is 500 g/mol. The summed E-state index contributed by atoms with van der Waals surface area (Å²) >= 11 is 15.6. The number of aromatic nitrogens is 3. The molecular weight excluding hydrogens is 487 g/mol. The van der Waals surface area contributed by atoms with Crippen molar-refractivity contribution >= 4 is 50.7 Å². The van der Waals surface area contributed by atoms with Gasteiger partial charge in [0, 0.05) is 25.8 Å². The van der Waals surface area contributed by atoms with Gasteiger partial charge in [-0.3, -0.25) is 4.79 Å². The van der Waals surface area contributed by atoms with Gasteiger partial charge in [-0.1, -0.05) is 45.2 Å². The van der Waals surface area contributed by atoms with Crippen LogP contribution < -0.4 is 5.32 Å². The van der Waals surface area contributed by atoms with Gasteiger partial charge in [0.2, 0.25) is 5.82 Å². The zero-order chi connectivity index (χ0) is 21.3. The number of benzene rings is 3. The van der Waals surface area contributed by atoms with Crippen LogP contribution in [-0.4, -0.2) is 20.7 Å². The molecule has 5 nitrogen and oxygen atoms in total. The third-order valence-corrected chi connectivity index (χ3v) is 5.69.